The van der Waals surface area contributed by atoms with E-state index in [4.69, 9.17) is 9.47 Å². The van der Waals surface area contributed by atoms with Gasteiger partial charge in [-0.25, -0.2) is 4.79 Å². The summed E-state index contributed by atoms with van der Waals surface area (Å²) in [5.74, 6) is -0.891. The average Bonchev–Trinajstić information content (AvgIpc) is 2.78. The largest absolute Gasteiger partial charge is 0.456 e. The highest BCUT2D eigenvalue weighted by Crippen LogP contribution is 2.32. The van der Waals surface area contributed by atoms with Crippen LogP contribution in [0.5, 0.6) is 0 Å². The Bertz CT molecular complexity index is 767. The fourth-order valence-corrected chi connectivity index (χ4v) is 4.18. The maximum atomic E-state index is 12.7. The molecule has 32 heavy (non-hydrogen) atoms. The number of fused-ring (bicyclic) bond motifs is 2. The van der Waals surface area contributed by atoms with Gasteiger partial charge in [-0.2, -0.15) is 0 Å². The second-order valence-electron chi connectivity index (χ2n) is 9.62. The van der Waals surface area contributed by atoms with E-state index in [1.807, 2.05) is 38.1 Å². The molecule has 1 heterocycles. The molecule has 1 aliphatic heterocycles. The van der Waals surface area contributed by atoms with E-state index in [1.165, 1.54) is 0 Å². The van der Waals surface area contributed by atoms with Gasteiger partial charge in [0.05, 0.1) is 12.2 Å². The van der Waals surface area contributed by atoms with Crippen molar-refractivity contribution in [1.29, 1.82) is 0 Å². The van der Waals surface area contributed by atoms with Gasteiger partial charge in [0.25, 0.3) is 0 Å². The van der Waals surface area contributed by atoms with Gasteiger partial charge in [-0.15, -0.1) is 0 Å². The zero-order valence-corrected chi connectivity index (χ0v) is 20.1. The summed E-state index contributed by atoms with van der Waals surface area (Å²) in [4.78, 5) is 12.7. The monoisotopic (exact) mass is 448 g/mol. The van der Waals surface area contributed by atoms with E-state index in [2.05, 4.69) is 19.9 Å². The molecular formula is C26H40O6. The highest BCUT2D eigenvalue weighted by molar-refractivity contribution is 5.75. The predicted molar refractivity (Wildman–Crippen MR) is 124 cm³/mol. The lowest BCUT2D eigenvalue weighted by Gasteiger charge is -2.31. The van der Waals surface area contributed by atoms with Crippen LogP contribution in [0.1, 0.15) is 64.5 Å². The van der Waals surface area contributed by atoms with Crippen LogP contribution in [0.25, 0.3) is 0 Å². The van der Waals surface area contributed by atoms with Gasteiger partial charge >= 0.3 is 5.97 Å². The molecule has 2 bridgehead atoms. The Labute approximate surface area is 192 Å². The molecule has 2 rings (SSSR count). The number of benzene rings is 1. The fourth-order valence-electron chi connectivity index (χ4n) is 4.18. The molecule has 6 nitrogen and oxygen atoms in total. The maximum absolute atomic E-state index is 12.7. The van der Waals surface area contributed by atoms with E-state index in [-0.39, 0.29) is 30.5 Å². The van der Waals surface area contributed by atoms with Crippen molar-refractivity contribution < 1.29 is 29.6 Å². The Kier molecular flexibility index (Phi) is 9.89. The number of esters is 1. The van der Waals surface area contributed by atoms with Crippen molar-refractivity contribution >= 4 is 5.97 Å². The van der Waals surface area contributed by atoms with Crippen molar-refractivity contribution in [3.05, 3.63) is 47.0 Å². The fraction of sp³-hybridized carbons (Fsp3) is 0.654. The molecule has 1 aliphatic rings. The first kappa shape index (κ1) is 26.5. The summed E-state index contributed by atoms with van der Waals surface area (Å²) in [6.45, 7) is 8.23. The molecule has 0 aromatic heterocycles. The number of hydrogen-bond donors (Lipinski definition) is 3. The zero-order valence-electron chi connectivity index (χ0n) is 20.1. The number of hydrogen-bond acceptors (Lipinski definition) is 6. The molecule has 0 aliphatic carbocycles. The van der Waals surface area contributed by atoms with Crippen molar-refractivity contribution in [2.24, 2.45) is 5.92 Å². The predicted octanol–water partition coefficient (Wildman–Crippen LogP) is 3.30. The number of ether oxygens (including phenoxy) is 2. The Hall–Kier alpha value is -1.73. The van der Waals surface area contributed by atoms with Gasteiger partial charge in [0.1, 0.15) is 6.10 Å². The van der Waals surface area contributed by atoms with Crippen molar-refractivity contribution in [2.75, 3.05) is 13.7 Å². The molecule has 0 fully saturated rings. The zero-order chi connectivity index (χ0) is 23.9. The third-order valence-electron chi connectivity index (χ3n) is 6.68. The number of aliphatic hydroxyl groups is 3. The smallest absolute Gasteiger partial charge is 0.338 e. The first-order chi connectivity index (χ1) is 15.1. The Balaban J connectivity index is 2.40. The summed E-state index contributed by atoms with van der Waals surface area (Å²) < 4.78 is 11.4. The lowest BCUT2D eigenvalue weighted by atomic mass is 9.78. The van der Waals surface area contributed by atoms with Crippen molar-refractivity contribution in [2.45, 2.75) is 89.6 Å². The second-order valence-corrected chi connectivity index (χ2v) is 9.62. The molecule has 3 N–H and O–H groups in total. The Morgan fingerprint density at radius 3 is 2.69 bits per heavy atom. The van der Waals surface area contributed by atoms with Crippen LogP contribution in [-0.4, -0.2) is 59.4 Å². The van der Waals surface area contributed by atoms with E-state index in [0.717, 1.165) is 36.0 Å². The first-order valence-corrected chi connectivity index (χ1v) is 11.6. The molecule has 1 aromatic rings. The SMILES string of the molecule is CC[C@H](/C=C(/C)[C@@H]1C[C@@H](OC)CCC(C)(C)c2cccc(c2)C[C@@H](O)[C@H](O)C(=O)O1)CO. The summed E-state index contributed by atoms with van der Waals surface area (Å²) in [5.41, 5.74) is 2.70. The van der Waals surface area contributed by atoms with Crippen LogP contribution in [0.4, 0.5) is 0 Å². The van der Waals surface area contributed by atoms with Gasteiger partial charge in [-0.3, -0.25) is 0 Å². The molecule has 0 amide bonds. The summed E-state index contributed by atoms with van der Waals surface area (Å²) in [6.07, 6.45) is 1.24. The molecule has 0 saturated carbocycles. The lowest BCUT2D eigenvalue weighted by molar-refractivity contribution is -0.164. The third-order valence-corrected chi connectivity index (χ3v) is 6.68. The molecule has 5 atom stereocenters. The quantitative estimate of drug-likeness (QED) is 0.472. The summed E-state index contributed by atoms with van der Waals surface area (Å²) in [5, 5.41) is 30.6. The third kappa shape index (κ3) is 7.14. The number of cyclic esters (lactones) is 1. The number of rotatable bonds is 5. The van der Waals surface area contributed by atoms with Crippen molar-refractivity contribution in [3.63, 3.8) is 0 Å². The van der Waals surface area contributed by atoms with Crippen LogP contribution in [0.15, 0.2) is 35.9 Å². The summed E-state index contributed by atoms with van der Waals surface area (Å²) in [7, 11) is 1.65. The minimum Gasteiger partial charge on any atom is -0.456 e. The first-order valence-electron chi connectivity index (χ1n) is 11.6. The van der Waals surface area contributed by atoms with Crippen LogP contribution in [0.2, 0.25) is 0 Å². The summed E-state index contributed by atoms with van der Waals surface area (Å²) in [6, 6.07) is 7.94. The Morgan fingerprint density at radius 1 is 1.34 bits per heavy atom. The van der Waals surface area contributed by atoms with Gasteiger partial charge < -0.3 is 24.8 Å². The van der Waals surface area contributed by atoms with Crippen molar-refractivity contribution in [3.8, 4) is 0 Å². The second kappa shape index (κ2) is 11.9. The highest BCUT2D eigenvalue weighted by atomic mass is 16.6. The molecule has 0 radical (unpaired) electrons. The minimum absolute atomic E-state index is 0.00941. The molecular weight excluding hydrogens is 408 g/mol. The number of carbonyl (C=O) groups is 1. The van der Waals surface area contributed by atoms with Gasteiger partial charge in [0, 0.05) is 32.5 Å². The standard InChI is InChI=1S/C26H40O6/c1-6-18(16-27)12-17(2)23-15-21(31-5)10-11-26(3,4)20-9-7-8-19(13-20)14-22(28)24(29)25(30)32-23/h7-9,12-13,18,21-24,27-29H,6,10-11,14-16H2,1-5H3/b17-12-/t18-,21+,22-,23+,24+/m1/s1. The van der Waals surface area contributed by atoms with Gasteiger partial charge in [0.2, 0.25) is 0 Å². The normalized spacial score (nSPS) is 28.5. The highest BCUT2D eigenvalue weighted by Gasteiger charge is 2.32. The Morgan fingerprint density at radius 2 is 2.06 bits per heavy atom. The number of aliphatic hydroxyl groups excluding tert-OH is 3. The number of methoxy groups -OCH3 is 1. The van der Waals surface area contributed by atoms with Crippen LogP contribution in [0, 0.1) is 5.92 Å². The van der Waals surface area contributed by atoms with E-state index < -0.39 is 24.3 Å². The number of carbonyl (C=O) groups excluding carboxylic acids is 1. The van der Waals surface area contributed by atoms with Crippen LogP contribution >= 0.6 is 0 Å². The maximum Gasteiger partial charge on any atom is 0.338 e. The molecule has 6 heteroatoms. The van der Waals surface area contributed by atoms with E-state index >= 15 is 0 Å². The molecule has 0 spiro atoms. The van der Waals surface area contributed by atoms with E-state index in [9.17, 15) is 20.1 Å². The van der Waals surface area contributed by atoms with Crippen LogP contribution < -0.4 is 0 Å². The minimum atomic E-state index is -1.65. The van der Waals surface area contributed by atoms with Crippen LogP contribution in [-0.2, 0) is 26.1 Å². The molecule has 180 valence electrons. The van der Waals surface area contributed by atoms with Crippen LogP contribution in [0.3, 0.4) is 0 Å². The molecule has 0 saturated heterocycles. The van der Waals surface area contributed by atoms with Gasteiger partial charge in [-0.05, 0) is 48.3 Å². The van der Waals surface area contributed by atoms with Gasteiger partial charge in [-0.1, -0.05) is 51.1 Å². The lowest BCUT2D eigenvalue weighted by Crippen LogP contribution is -2.40. The molecule has 0 unspecified atom stereocenters. The summed E-state index contributed by atoms with van der Waals surface area (Å²) >= 11 is 0. The molecule has 1 aromatic carbocycles. The van der Waals surface area contributed by atoms with Crippen molar-refractivity contribution in [1.82, 2.24) is 0 Å². The topological polar surface area (TPSA) is 96.2 Å². The van der Waals surface area contributed by atoms with Gasteiger partial charge in [0.15, 0.2) is 6.10 Å². The van der Waals surface area contributed by atoms with E-state index in [0.29, 0.717) is 6.42 Å². The average molecular weight is 449 g/mol. The van der Waals surface area contributed by atoms with E-state index in [1.54, 1.807) is 7.11 Å².